The van der Waals surface area contributed by atoms with Gasteiger partial charge in [-0.2, -0.15) is 0 Å². The van der Waals surface area contributed by atoms with E-state index in [0.29, 0.717) is 16.6 Å². The first-order valence-corrected chi connectivity index (χ1v) is 9.37. The van der Waals surface area contributed by atoms with Gasteiger partial charge in [-0.25, -0.2) is 9.98 Å². The molecule has 7 heteroatoms. The number of aromatic nitrogens is 2. The molecule has 1 aliphatic rings. The summed E-state index contributed by atoms with van der Waals surface area (Å²) in [6, 6.07) is 5.62. The second-order valence-corrected chi connectivity index (χ2v) is 7.63. The molecule has 0 saturated carbocycles. The number of Topliss-reactive ketones (excluding diaryl/α,β-unsaturated/α-hetero) is 1. The van der Waals surface area contributed by atoms with Gasteiger partial charge in [-0.05, 0) is 49.6 Å². The van der Waals surface area contributed by atoms with Crippen LogP contribution in [-0.4, -0.2) is 33.8 Å². The van der Waals surface area contributed by atoms with Crippen LogP contribution in [0.4, 0.5) is 0 Å². The molecule has 0 saturated heterocycles. The maximum absolute atomic E-state index is 12.7. The van der Waals surface area contributed by atoms with E-state index in [9.17, 15) is 4.79 Å². The normalized spacial score (nSPS) is 19.7. The third-order valence-corrected chi connectivity index (χ3v) is 5.28. The Kier molecular flexibility index (Phi) is 5.27. The van der Waals surface area contributed by atoms with Crippen LogP contribution in [0.15, 0.2) is 35.6 Å². The fourth-order valence-corrected chi connectivity index (χ4v) is 3.95. The first-order valence-electron chi connectivity index (χ1n) is 8.38. The summed E-state index contributed by atoms with van der Waals surface area (Å²) in [4.78, 5) is 26.0. The van der Waals surface area contributed by atoms with Gasteiger partial charge in [0.2, 0.25) is 0 Å². The number of ketones is 1. The predicted molar refractivity (Wildman–Crippen MR) is 104 cm³/mol. The fraction of sp³-hybridized carbons (Fsp3) is 0.368. The van der Waals surface area contributed by atoms with E-state index in [1.165, 1.54) is 0 Å². The number of aryl methyl sites for hydroxylation is 1. The van der Waals surface area contributed by atoms with Gasteiger partial charge in [0.1, 0.15) is 17.0 Å². The second-order valence-electron chi connectivity index (χ2n) is 6.51. The SMILES string of the molecule is COc1cnc(C(=O)Cc2ccnc([C@]3(C)CCSC(N)=N3)c2)c(C)c1. The lowest BCUT2D eigenvalue weighted by molar-refractivity contribution is 0.0987. The van der Waals surface area contributed by atoms with E-state index in [2.05, 4.69) is 15.0 Å². The molecule has 2 N–H and O–H groups in total. The van der Waals surface area contributed by atoms with Crippen molar-refractivity contribution in [2.75, 3.05) is 12.9 Å². The fourth-order valence-electron chi connectivity index (χ4n) is 2.97. The average Bonchev–Trinajstić information content (AvgIpc) is 2.61. The Labute approximate surface area is 157 Å². The van der Waals surface area contributed by atoms with Crippen molar-refractivity contribution in [3.05, 3.63) is 53.1 Å². The summed E-state index contributed by atoms with van der Waals surface area (Å²) in [7, 11) is 1.58. The number of carbonyl (C=O) groups excluding carboxylic acids is 1. The van der Waals surface area contributed by atoms with Crippen LogP contribution < -0.4 is 10.5 Å². The third kappa shape index (κ3) is 3.88. The Morgan fingerprint density at radius 2 is 2.19 bits per heavy atom. The molecule has 2 aromatic heterocycles. The number of hydrogen-bond donors (Lipinski definition) is 1. The van der Waals surface area contributed by atoms with Crippen molar-refractivity contribution in [1.82, 2.24) is 9.97 Å². The van der Waals surface area contributed by atoms with Crippen LogP contribution in [-0.2, 0) is 12.0 Å². The lowest BCUT2D eigenvalue weighted by Gasteiger charge is -2.28. The molecule has 3 heterocycles. The Balaban J connectivity index is 1.83. The number of methoxy groups -OCH3 is 1. The molecule has 1 aliphatic heterocycles. The van der Waals surface area contributed by atoms with E-state index in [4.69, 9.17) is 10.5 Å². The highest BCUT2D eigenvalue weighted by atomic mass is 32.2. The van der Waals surface area contributed by atoms with Crippen LogP contribution in [0.3, 0.4) is 0 Å². The van der Waals surface area contributed by atoms with Crippen LogP contribution in [0.5, 0.6) is 5.75 Å². The van der Waals surface area contributed by atoms with E-state index < -0.39 is 5.54 Å². The van der Waals surface area contributed by atoms with Crippen LogP contribution in [0.1, 0.15) is 40.7 Å². The van der Waals surface area contributed by atoms with Crippen molar-refractivity contribution in [2.45, 2.75) is 32.2 Å². The van der Waals surface area contributed by atoms with E-state index in [1.807, 2.05) is 32.0 Å². The molecule has 0 unspecified atom stereocenters. The number of ether oxygens (including phenoxy) is 1. The van der Waals surface area contributed by atoms with Gasteiger partial charge in [0, 0.05) is 18.4 Å². The molecule has 0 fully saturated rings. The molecule has 0 aromatic carbocycles. The Bertz CT molecular complexity index is 868. The van der Waals surface area contributed by atoms with E-state index in [0.717, 1.165) is 29.0 Å². The van der Waals surface area contributed by atoms with Gasteiger partial charge in [0.05, 0.1) is 19.0 Å². The number of pyridine rings is 2. The number of amidine groups is 1. The molecule has 136 valence electrons. The molecular weight excluding hydrogens is 348 g/mol. The van der Waals surface area contributed by atoms with Gasteiger partial charge in [0.15, 0.2) is 11.0 Å². The number of carbonyl (C=O) groups is 1. The zero-order chi connectivity index (χ0) is 18.7. The van der Waals surface area contributed by atoms with Gasteiger partial charge in [-0.3, -0.25) is 9.78 Å². The minimum atomic E-state index is -0.442. The molecule has 2 aromatic rings. The van der Waals surface area contributed by atoms with Gasteiger partial charge in [0.25, 0.3) is 0 Å². The second kappa shape index (κ2) is 7.45. The van der Waals surface area contributed by atoms with Crippen molar-refractivity contribution in [3.8, 4) is 5.75 Å². The van der Waals surface area contributed by atoms with E-state index in [1.54, 1.807) is 31.3 Å². The first kappa shape index (κ1) is 18.4. The van der Waals surface area contributed by atoms with Crippen LogP contribution >= 0.6 is 11.8 Å². The summed E-state index contributed by atoms with van der Waals surface area (Å²) in [6.45, 7) is 3.89. The highest BCUT2D eigenvalue weighted by Gasteiger charge is 2.31. The standard InChI is InChI=1S/C19H22N4O2S/c1-12-8-14(25-3)11-22-17(12)15(24)9-13-4-6-21-16(10-13)19(2)5-7-26-18(20)23-19/h4,6,8,10-11H,5,7,9H2,1-3H3,(H2,20,23)/t19-/m0/s1. The Morgan fingerprint density at radius 1 is 1.38 bits per heavy atom. The highest BCUT2D eigenvalue weighted by molar-refractivity contribution is 8.13. The number of hydrogen-bond acceptors (Lipinski definition) is 7. The molecule has 26 heavy (non-hydrogen) atoms. The van der Waals surface area contributed by atoms with Crippen molar-refractivity contribution in [2.24, 2.45) is 10.7 Å². The molecule has 0 radical (unpaired) electrons. The topological polar surface area (TPSA) is 90.5 Å². The third-order valence-electron chi connectivity index (χ3n) is 4.49. The summed E-state index contributed by atoms with van der Waals surface area (Å²) in [5, 5.41) is 0.583. The first-order chi connectivity index (χ1) is 12.4. The molecule has 1 atom stereocenters. The molecule has 0 bridgehead atoms. The molecule has 6 nitrogen and oxygen atoms in total. The quantitative estimate of drug-likeness (QED) is 0.814. The lowest BCUT2D eigenvalue weighted by Crippen LogP contribution is -2.29. The minimum Gasteiger partial charge on any atom is -0.495 e. The van der Waals surface area contributed by atoms with Crippen LogP contribution in [0, 0.1) is 6.92 Å². The zero-order valence-corrected chi connectivity index (χ0v) is 16.0. The van der Waals surface area contributed by atoms with Gasteiger partial charge in [-0.15, -0.1) is 0 Å². The number of rotatable bonds is 5. The molecule has 0 amide bonds. The lowest BCUT2D eigenvalue weighted by atomic mass is 9.92. The smallest absolute Gasteiger partial charge is 0.185 e. The Morgan fingerprint density at radius 3 is 2.88 bits per heavy atom. The monoisotopic (exact) mass is 370 g/mol. The number of nitrogens with zero attached hydrogens (tertiary/aromatic N) is 3. The summed E-state index contributed by atoms with van der Waals surface area (Å²) in [6.07, 6.45) is 4.42. The highest BCUT2D eigenvalue weighted by Crippen LogP contribution is 2.34. The predicted octanol–water partition coefficient (Wildman–Crippen LogP) is 2.89. The summed E-state index contributed by atoms with van der Waals surface area (Å²) in [5.41, 5.74) is 8.45. The average molecular weight is 370 g/mol. The largest absolute Gasteiger partial charge is 0.495 e. The van der Waals surface area contributed by atoms with Gasteiger partial charge < -0.3 is 10.5 Å². The number of thioether (sulfide) groups is 1. The summed E-state index contributed by atoms with van der Waals surface area (Å²) >= 11 is 1.56. The Hall–Kier alpha value is -2.41. The van der Waals surface area contributed by atoms with E-state index >= 15 is 0 Å². The number of nitrogens with two attached hydrogens (primary N) is 1. The van der Waals surface area contributed by atoms with Crippen molar-refractivity contribution >= 4 is 22.7 Å². The van der Waals surface area contributed by atoms with Crippen molar-refractivity contribution in [1.29, 1.82) is 0 Å². The summed E-state index contributed by atoms with van der Waals surface area (Å²) in [5.74, 6) is 1.52. The van der Waals surface area contributed by atoms with Gasteiger partial charge in [-0.1, -0.05) is 11.8 Å². The van der Waals surface area contributed by atoms with Gasteiger partial charge >= 0.3 is 0 Å². The van der Waals surface area contributed by atoms with Crippen LogP contribution in [0.25, 0.3) is 0 Å². The molecule has 0 aliphatic carbocycles. The van der Waals surface area contributed by atoms with Crippen molar-refractivity contribution < 1.29 is 9.53 Å². The zero-order valence-electron chi connectivity index (χ0n) is 15.2. The van der Waals surface area contributed by atoms with E-state index in [-0.39, 0.29) is 12.2 Å². The maximum Gasteiger partial charge on any atom is 0.185 e. The molecular formula is C19H22N4O2S. The minimum absolute atomic E-state index is 0.0327. The molecule has 0 spiro atoms. The number of aliphatic imine (C=N–C) groups is 1. The maximum atomic E-state index is 12.7. The van der Waals surface area contributed by atoms with Crippen LogP contribution in [0.2, 0.25) is 0 Å². The van der Waals surface area contributed by atoms with Crippen molar-refractivity contribution in [3.63, 3.8) is 0 Å². The molecule has 3 rings (SSSR count). The summed E-state index contributed by atoms with van der Waals surface area (Å²) < 4.78 is 5.14.